The quantitative estimate of drug-likeness (QED) is 0.121. The zero-order valence-corrected chi connectivity index (χ0v) is 46.7. The van der Waals surface area contributed by atoms with Gasteiger partial charge in [-0.2, -0.15) is 10.2 Å². The van der Waals surface area contributed by atoms with Crippen molar-refractivity contribution in [3.8, 4) is 22.9 Å². The highest BCUT2D eigenvalue weighted by molar-refractivity contribution is 9.11. The molecule has 8 aromatic heterocycles. The number of hydrogen-bond acceptors (Lipinski definition) is 16. The molecule has 8 aromatic rings. The first-order valence-electron chi connectivity index (χ1n) is 24.6. The van der Waals surface area contributed by atoms with Gasteiger partial charge in [-0.05, 0) is 130 Å². The topological polar surface area (TPSA) is 162 Å². The first kappa shape index (κ1) is 50.5. The predicted octanol–water partition coefficient (Wildman–Crippen LogP) is 7.92. The van der Waals surface area contributed by atoms with Crippen LogP contribution in [0.1, 0.15) is 51.7 Å². The van der Waals surface area contributed by atoms with E-state index < -0.39 is 0 Å². The Bertz CT molecular complexity index is 3200. The van der Waals surface area contributed by atoms with Crippen LogP contribution in [-0.2, 0) is 22.4 Å². The summed E-state index contributed by atoms with van der Waals surface area (Å²) in [4.78, 5) is 36.6. The average molecular weight is 1190 g/mol. The van der Waals surface area contributed by atoms with Crippen LogP contribution in [0.15, 0.2) is 124 Å². The summed E-state index contributed by atoms with van der Waals surface area (Å²) in [5.74, 6) is 3.38. The second kappa shape index (κ2) is 20.8. The number of hydrogen-bond donors (Lipinski definition) is 0. The summed E-state index contributed by atoms with van der Waals surface area (Å²) in [6, 6.07) is 22.7. The van der Waals surface area contributed by atoms with Gasteiger partial charge in [-0.1, -0.05) is 18.2 Å². The Morgan fingerprint density at radius 2 is 1.08 bits per heavy atom. The van der Waals surface area contributed by atoms with Gasteiger partial charge in [0.1, 0.15) is 24.3 Å². The molecule has 0 N–H and O–H groups in total. The predicted molar refractivity (Wildman–Crippen MR) is 294 cm³/mol. The molecule has 15 heterocycles. The molecule has 7 fully saturated rings. The highest BCUT2D eigenvalue weighted by atomic mass is 79.9. The van der Waals surface area contributed by atoms with Gasteiger partial charge in [0, 0.05) is 138 Å². The molecule has 4 unspecified atom stereocenters. The Morgan fingerprint density at radius 3 is 1.55 bits per heavy atom. The van der Waals surface area contributed by atoms with E-state index >= 15 is 0 Å². The standard InChI is InChI=1S/C23H31BN4O3.C23H22BrN7O.C6H3Br2N3/c1-22(2)23(3,4)31-24(30-22)17-7-8-20(25-12-17)27-14-18-10-19(15-27)28(18)13-16-6-9-21(29-5)26-11-16;1-32-22-5-2-15(8-26-22)10-30-18-7-19(30)13-29(12-18)21-4-3-16(9-25-21)20-6-17(24)11-31-23(20)27-14-28-31;7-4-1-5(8)6-9-3-10-11(6)2-4/h6-9,11-12,18-19H,10,13-15H2,1-5H3;2-6,8-9,11,14,18-19H,7,10,12-13H2,1H3;1-3H. The van der Waals surface area contributed by atoms with Gasteiger partial charge in [0.25, 0.3) is 0 Å². The van der Waals surface area contributed by atoms with Gasteiger partial charge in [0.15, 0.2) is 11.3 Å². The molecular weight excluding hydrogens is 1140 g/mol. The minimum absolute atomic E-state index is 0.340. The number of piperazine rings is 2. The molecule has 0 saturated carbocycles. The zero-order chi connectivity index (χ0) is 51.3. The van der Waals surface area contributed by atoms with E-state index in [2.05, 4.69) is 168 Å². The van der Waals surface area contributed by atoms with E-state index in [1.54, 1.807) is 29.6 Å². The lowest BCUT2D eigenvalue weighted by Crippen LogP contribution is -2.68. The number of fused-ring (bicyclic) bond motifs is 6. The molecule has 7 saturated heterocycles. The average Bonchev–Trinajstić information content (AvgIpc) is 4.15. The molecule has 382 valence electrons. The fraction of sp³-hybridized carbons (Fsp3) is 0.385. The van der Waals surface area contributed by atoms with Gasteiger partial charge >= 0.3 is 7.12 Å². The van der Waals surface area contributed by atoms with Crippen LogP contribution in [0.3, 0.4) is 0 Å². The molecular formula is C52H56BBr3N14O4. The third-order valence-corrected chi connectivity index (χ3v) is 16.5. The van der Waals surface area contributed by atoms with Crippen LogP contribution in [0.5, 0.6) is 11.8 Å². The first-order chi connectivity index (χ1) is 35.7. The van der Waals surface area contributed by atoms with E-state index in [1.165, 1.54) is 30.3 Å². The van der Waals surface area contributed by atoms with Gasteiger partial charge in [0.2, 0.25) is 11.8 Å². The maximum atomic E-state index is 6.15. The normalized spacial score (nSPS) is 21.6. The Hall–Kier alpha value is -5.62. The lowest BCUT2D eigenvalue weighted by atomic mass is 9.80. The van der Waals surface area contributed by atoms with Crippen molar-refractivity contribution in [2.24, 2.45) is 0 Å². The van der Waals surface area contributed by atoms with Crippen molar-refractivity contribution in [2.45, 2.75) is 89.0 Å². The molecule has 0 aromatic carbocycles. The molecule has 7 aliphatic heterocycles. The number of rotatable bonds is 10. The number of piperidine rings is 2. The maximum Gasteiger partial charge on any atom is 0.496 e. The first-order valence-corrected chi connectivity index (χ1v) is 27.0. The number of halogens is 3. The summed E-state index contributed by atoms with van der Waals surface area (Å²) >= 11 is 10.3. The molecule has 7 aliphatic rings. The highest BCUT2D eigenvalue weighted by Gasteiger charge is 2.52. The Labute approximate surface area is 455 Å². The van der Waals surface area contributed by atoms with Crippen molar-refractivity contribution < 1.29 is 18.8 Å². The van der Waals surface area contributed by atoms with E-state index in [-0.39, 0.29) is 18.3 Å². The van der Waals surface area contributed by atoms with Crippen molar-refractivity contribution in [3.05, 3.63) is 135 Å². The molecule has 18 nitrogen and oxygen atoms in total. The molecule has 0 aliphatic carbocycles. The van der Waals surface area contributed by atoms with Crippen LogP contribution in [0.25, 0.3) is 22.4 Å². The largest absolute Gasteiger partial charge is 0.496 e. The van der Waals surface area contributed by atoms with Crippen LogP contribution in [0, 0.1) is 0 Å². The van der Waals surface area contributed by atoms with Gasteiger partial charge in [-0.3, -0.25) is 9.80 Å². The third kappa shape index (κ3) is 10.4. The van der Waals surface area contributed by atoms with Gasteiger partial charge < -0.3 is 28.6 Å². The fourth-order valence-corrected chi connectivity index (χ4v) is 12.0. The molecule has 4 atom stereocenters. The summed E-state index contributed by atoms with van der Waals surface area (Å²) < 4.78 is 29.0. The number of nitrogens with zero attached hydrogens (tertiary/aromatic N) is 14. The van der Waals surface area contributed by atoms with Crippen molar-refractivity contribution in [2.75, 3.05) is 50.2 Å². The zero-order valence-electron chi connectivity index (χ0n) is 42.0. The van der Waals surface area contributed by atoms with Crippen molar-refractivity contribution in [3.63, 3.8) is 0 Å². The number of ether oxygens (including phenoxy) is 2. The molecule has 0 spiro atoms. The molecule has 15 rings (SSSR count). The monoisotopic (exact) mass is 1190 g/mol. The summed E-state index contributed by atoms with van der Waals surface area (Å²) in [5, 5.41) is 8.23. The number of aromatic nitrogens is 10. The smallest absolute Gasteiger partial charge is 0.481 e. The van der Waals surface area contributed by atoms with Gasteiger partial charge in [-0.15, -0.1) is 0 Å². The second-order valence-electron chi connectivity index (χ2n) is 20.2. The minimum atomic E-state index is -0.366. The summed E-state index contributed by atoms with van der Waals surface area (Å²) in [6.07, 6.45) is 17.0. The third-order valence-electron chi connectivity index (χ3n) is 15.1. The van der Waals surface area contributed by atoms with Crippen LogP contribution in [0.4, 0.5) is 11.6 Å². The maximum absolute atomic E-state index is 6.15. The Kier molecular flexibility index (Phi) is 14.2. The van der Waals surface area contributed by atoms with Gasteiger partial charge in [-0.25, -0.2) is 38.9 Å². The molecule has 0 amide bonds. The van der Waals surface area contributed by atoms with Crippen molar-refractivity contribution >= 4 is 83.3 Å². The summed E-state index contributed by atoms with van der Waals surface area (Å²) in [5.41, 5.74) is 6.44. The summed E-state index contributed by atoms with van der Waals surface area (Å²) in [7, 11) is 2.92. The van der Waals surface area contributed by atoms with Crippen LogP contribution < -0.4 is 24.7 Å². The van der Waals surface area contributed by atoms with Gasteiger partial charge in [0.05, 0.1) is 29.9 Å². The van der Waals surface area contributed by atoms with E-state index in [4.69, 9.17) is 28.8 Å². The van der Waals surface area contributed by atoms with E-state index in [0.29, 0.717) is 35.9 Å². The van der Waals surface area contributed by atoms with Crippen molar-refractivity contribution in [1.29, 1.82) is 0 Å². The van der Waals surface area contributed by atoms with Crippen LogP contribution in [0.2, 0.25) is 0 Å². The molecule has 74 heavy (non-hydrogen) atoms. The Balaban J connectivity index is 0.000000132. The van der Waals surface area contributed by atoms with E-state index in [1.807, 2.05) is 55.4 Å². The number of anilines is 2. The summed E-state index contributed by atoms with van der Waals surface area (Å²) in [6.45, 7) is 14.2. The second-order valence-corrected chi connectivity index (χ2v) is 22.9. The number of methoxy groups -OCH3 is 2. The number of pyridine rings is 6. The van der Waals surface area contributed by atoms with E-state index in [0.717, 1.165) is 92.2 Å². The SMILES string of the molecule is Brc1cc(Br)c2ncnn2c1.COc1ccc(CN2C3CC2CN(c2ccc(-c4cc(Br)cn5ncnc45)cn2)C3)cn1.COc1ccc(CN2C3CC2CN(c2ccc(B4OC(C)(C)C(C)(C)O4)cn2)C3)cn1. The van der Waals surface area contributed by atoms with E-state index in [9.17, 15) is 0 Å². The molecule has 4 bridgehead atoms. The highest BCUT2D eigenvalue weighted by Crippen LogP contribution is 2.39. The lowest BCUT2D eigenvalue weighted by Gasteiger charge is -2.56. The van der Waals surface area contributed by atoms with Crippen LogP contribution in [-0.4, -0.2) is 142 Å². The lowest BCUT2D eigenvalue weighted by molar-refractivity contribution is -0.00879. The Morgan fingerprint density at radius 1 is 0.581 bits per heavy atom. The van der Waals surface area contributed by atoms with Crippen LogP contribution >= 0.6 is 47.8 Å². The fourth-order valence-electron chi connectivity index (χ4n) is 10.3. The van der Waals surface area contributed by atoms with Crippen molar-refractivity contribution in [1.82, 2.24) is 58.9 Å². The minimum Gasteiger partial charge on any atom is -0.481 e. The molecule has 22 heteroatoms. The molecule has 0 radical (unpaired) electrons.